The fraction of sp³-hybridized carbons (Fsp3) is 0.444. The van der Waals surface area contributed by atoms with Crippen LogP contribution in [0.2, 0.25) is 0 Å². The van der Waals surface area contributed by atoms with Crippen LogP contribution in [0.15, 0.2) is 41.3 Å². The molecule has 4 rings (SSSR count). The van der Waals surface area contributed by atoms with Crippen LogP contribution in [-0.2, 0) is 6.54 Å². The molecule has 0 spiro atoms. The maximum atomic E-state index is 5.59. The van der Waals surface area contributed by atoms with Gasteiger partial charge in [-0.1, -0.05) is 13.3 Å². The van der Waals surface area contributed by atoms with Crippen molar-refractivity contribution < 1.29 is 4.42 Å². The van der Waals surface area contributed by atoms with Crippen LogP contribution >= 0.6 is 0 Å². The van der Waals surface area contributed by atoms with Crippen LogP contribution in [0.25, 0.3) is 17.1 Å². The highest BCUT2D eigenvalue weighted by Gasteiger charge is 2.25. The van der Waals surface area contributed by atoms with E-state index in [-0.39, 0.29) is 0 Å². The number of aromatic nitrogens is 3. The first-order chi connectivity index (χ1) is 11.3. The van der Waals surface area contributed by atoms with Gasteiger partial charge >= 0.3 is 0 Å². The Bertz CT molecular complexity index is 778. The minimum Gasteiger partial charge on any atom is -0.463 e. The number of rotatable bonds is 5. The van der Waals surface area contributed by atoms with E-state index >= 15 is 0 Å². The van der Waals surface area contributed by atoms with E-state index in [9.17, 15) is 0 Å². The second-order valence-electron chi connectivity index (χ2n) is 6.37. The summed E-state index contributed by atoms with van der Waals surface area (Å²) < 4.78 is 7.45. The van der Waals surface area contributed by atoms with E-state index in [1.54, 1.807) is 6.26 Å². The van der Waals surface area contributed by atoms with E-state index in [2.05, 4.69) is 21.9 Å². The van der Waals surface area contributed by atoms with Gasteiger partial charge in [-0.3, -0.25) is 4.90 Å². The molecule has 0 bridgehead atoms. The Labute approximate surface area is 135 Å². The lowest BCUT2D eigenvalue weighted by molar-refractivity contribution is 0.314. The third kappa shape index (κ3) is 2.77. The molecule has 0 aliphatic carbocycles. The Morgan fingerprint density at radius 2 is 2.30 bits per heavy atom. The van der Waals surface area contributed by atoms with Crippen molar-refractivity contribution in [1.29, 1.82) is 0 Å². The van der Waals surface area contributed by atoms with Crippen molar-refractivity contribution in [3.05, 3.63) is 42.4 Å². The zero-order valence-corrected chi connectivity index (χ0v) is 13.5. The molecule has 120 valence electrons. The summed E-state index contributed by atoms with van der Waals surface area (Å²) in [6, 6.07) is 5.78. The Kier molecular flexibility index (Phi) is 3.87. The molecular formula is C18H22N4O. The molecular weight excluding hydrogens is 288 g/mol. The van der Waals surface area contributed by atoms with Gasteiger partial charge in [0, 0.05) is 31.0 Å². The minimum absolute atomic E-state index is 0.815. The number of likely N-dealkylation sites (tertiary alicyclic amines) is 1. The summed E-state index contributed by atoms with van der Waals surface area (Å²) in [5.74, 6) is 1.65. The largest absolute Gasteiger partial charge is 0.463 e. The fourth-order valence-corrected chi connectivity index (χ4v) is 3.62. The highest BCUT2D eigenvalue weighted by atomic mass is 16.3. The molecule has 23 heavy (non-hydrogen) atoms. The van der Waals surface area contributed by atoms with Gasteiger partial charge in [0.25, 0.3) is 0 Å². The van der Waals surface area contributed by atoms with Crippen molar-refractivity contribution in [2.24, 2.45) is 5.92 Å². The van der Waals surface area contributed by atoms with Crippen molar-refractivity contribution in [2.75, 3.05) is 13.1 Å². The molecule has 1 saturated heterocycles. The molecule has 1 atom stereocenters. The van der Waals surface area contributed by atoms with E-state index in [1.807, 2.05) is 35.1 Å². The molecule has 0 saturated carbocycles. The van der Waals surface area contributed by atoms with Gasteiger partial charge in [0.15, 0.2) is 11.4 Å². The average molecular weight is 310 g/mol. The van der Waals surface area contributed by atoms with Gasteiger partial charge in [-0.05, 0) is 43.5 Å². The number of fused-ring (bicyclic) bond motifs is 1. The lowest BCUT2D eigenvalue weighted by Crippen LogP contribution is -2.20. The maximum Gasteiger partial charge on any atom is 0.160 e. The molecule has 1 fully saturated rings. The molecule has 3 aromatic heterocycles. The first-order valence-corrected chi connectivity index (χ1v) is 8.43. The third-order valence-electron chi connectivity index (χ3n) is 4.69. The van der Waals surface area contributed by atoms with E-state index in [0.717, 1.165) is 41.7 Å². The van der Waals surface area contributed by atoms with E-state index in [1.165, 1.54) is 25.8 Å². The van der Waals surface area contributed by atoms with Crippen LogP contribution in [0, 0.1) is 5.92 Å². The predicted octanol–water partition coefficient (Wildman–Crippen LogP) is 3.61. The molecule has 0 N–H and O–H groups in total. The normalized spacial score (nSPS) is 18.9. The van der Waals surface area contributed by atoms with Crippen molar-refractivity contribution >= 4 is 5.65 Å². The third-order valence-corrected chi connectivity index (χ3v) is 4.69. The smallest absolute Gasteiger partial charge is 0.160 e. The standard InChI is InChI=1S/C18H22N4O/c1-2-5-14-7-10-21(12-14)13-15-17(16-6-3-11-23-16)20-22-9-4-8-19-18(15)22/h3-4,6,8-9,11,14H,2,5,7,10,12-13H2,1H3. The number of nitrogens with zero attached hydrogens (tertiary/aromatic N) is 4. The summed E-state index contributed by atoms with van der Waals surface area (Å²) >= 11 is 0. The van der Waals surface area contributed by atoms with E-state index < -0.39 is 0 Å². The summed E-state index contributed by atoms with van der Waals surface area (Å²) in [5.41, 5.74) is 3.00. The van der Waals surface area contributed by atoms with Crippen molar-refractivity contribution in [1.82, 2.24) is 19.5 Å². The summed E-state index contributed by atoms with van der Waals surface area (Å²) in [6.07, 6.45) is 9.38. The first kappa shape index (κ1) is 14.5. The van der Waals surface area contributed by atoms with Gasteiger partial charge < -0.3 is 4.42 Å². The average Bonchev–Trinajstić information content (AvgIpc) is 3.29. The topological polar surface area (TPSA) is 46.6 Å². The van der Waals surface area contributed by atoms with Crippen molar-refractivity contribution in [3.63, 3.8) is 0 Å². The maximum absolute atomic E-state index is 5.59. The molecule has 0 amide bonds. The van der Waals surface area contributed by atoms with Crippen LogP contribution in [0.1, 0.15) is 31.7 Å². The van der Waals surface area contributed by atoms with E-state index in [4.69, 9.17) is 4.42 Å². The van der Waals surface area contributed by atoms with Crippen LogP contribution < -0.4 is 0 Å². The van der Waals surface area contributed by atoms with Gasteiger partial charge in [-0.2, -0.15) is 5.10 Å². The number of furan rings is 1. The molecule has 3 aromatic rings. The number of hydrogen-bond acceptors (Lipinski definition) is 4. The molecule has 5 heteroatoms. The zero-order chi connectivity index (χ0) is 15.6. The Hall–Kier alpha value is -2.14. The van der Waals surface area contributed by atoms with Gasteiger partial charge in [0.1, 0.15) is 5.69 Å². The van der Waals surface area contributed by atoms with Crippen LogP contribution in [0.5, 0.6) is 0 Å². The zero-order valence-electron chi connectivity index (χ0n) is 13.5. The molecule has 5 nitrogen and oxygen atoms in total. The van der Waals surface area contributed by atoms with Crippen molar-refractivity contribution in [3.8, 4) is 11.5 Å². The molecule has 1 aliphatic rings. The quantitative estimate of drug-likeness (QED) is 0.722. The molecule has 1 aliphatic heterocycles. The molecule has 0 aromatic carbocycles. The Balaban J connectivity index is 1.67. The molecule has 1 unspecified atom stereocenters. The Morgan fingerprint density at radius 3 is 3.13 bits per heavy atom. The highest BCUT2D eigenvalue weighted by molar-refractivity contribution is 5.66. The highest BCUT2D eigenvalue weighted by Crippen LogP contribution is 2.29. The van der Waals surface area contributed by atoms with Gasteiger partial charge in [0.2, 0.25) is 0 Å². The van der Waals surface area contributed by atoms with Gasteiger partial charge in [-0.15, -0.1) is 0 Å². The van der Waals surface area contributed by atoms with Gasteiger partial charge in [-0.25, -0.2) is 9.50 Å². The lowest BCUT2D eigenvalue weighted by Gasteiger charge is -2.15. The Morgan fingerprint density at radius 1 is 1.35 bits per heavy atom. The SMILES string of the molecule is CCCC1CCN(Cc2c(-c3ccco3)nn3cccnc23)C1. The second kappa shape index (κ2) is 6.16. The summed E-state index contributed by atoms with van der Waals surface area (Å²) in [4.78, 5) is 7.07. The minimum atomic E-state index is 0.815. The molecule has 0 radical (unpaired) electrons. The molecule has 4 heterocycles. The van der Waals surface area contributed by atoms with Crippen LogP contribution in [0.3, 0.4) is 0 Å². The lowest BCUT2D eigenvalue weighted by atomic mass is 10.0. The van der Waals surface area contributed by atoms with Crippen molar-refractivity contribution in [2.45, 2.75) is 32.7 Å². The number of hydrogen-bond donors (Lipinski definition) is 0. The predicted molar refractivity (Wildman–Crippen MR) is 89.0 cm³/mol. The summed E-state index contributed by atoms with van der Waals surface area (Å²) in [7, 11) is 0. The summed E-state index contributed by atoms with van der Waals surface area (Å²) in [5, 5.41) is 4.69. The van der Waals surface area contributed by atoms with Crippen LogP contribution in [0.4, 0.5) is 0 Å². The first-order valence-electron chi connectivity index (χ1n) is 8.43. The van der Waals surface area contributed by atoms with Crippen LogP contribution in [-0.4, -0.2) is 32.6 Å². The monoisotopic (exact) mass is 310 g/mol. The summed E-state index contributed by atoms with van der Waals surface area (Å²) in [6.45, 7) is 5.49. The fourth-order valence-electron chi connectivity index (χ4n) is 3.62. The van der Waals surface area contributed by atoms with E-state index in [0.29, 0.717) is 0 Å². The second-order valence-corrected chi connectivity index (χ2v) is 6.37. The van der Waals surface area contributed by atoms with Gasteiger partial charge in [0.05, 0.1) is 6.26 Å².